The lowest BCUT2D eigenvalue weighted by atomic mass is 10.1. The van der Waals surface area contributed by atoms with E-state index in [-0.39, 0.29) is 0 Å². The highest BCUT2D eigenvalue weighted by atomic mass is 13.9. The quantitative estimate of drug-likeness (QED) is 0.590. The Morgan fingerprint density at radius 2 is 1.50 bits per heavy atom. The molecule has 0 heterocycles. The van der Waals surface area contributed by atoms with Gasteiger partial charge in [-0.1, -0.05) is 70.9 Å². The molecule has 82 valence electrons. The molecule has 0 bridgehead atoms. The van der Waals surface area contributed by atoms with Gasteiger partial charge in [0.15, 0.2) is 0 Å². The first-order chi connectivity index (χ1) is 6.74. The summed E-state index contributed by atoms with van der Waals surface area (Å²) in [6, 6.07) is 8.61. The average molecular weight is 194 g/mol. The number of benzene rings is 1. The summed E-state index contributed by atoms with van der Waals surface area (Å²) in [5, 5.41) is 0. The van der Waals surface area contributed by atoms with Gasteiger partial charge < -0.3 is 0 Å². The highest BCUT2D eigenvalue weighted by molar-refractivity contribution is 5.21. The van der Waals surface area contributed by atoms with Gasteiger partial charge in [-0.2, -0.15) is 0 Å². The van der Waals surface area contributed by atoms with Crippen molar-refractivity contribution in [3.05, 3.63) is 35.4 Å². The van der Waals surface area contributed by atoms with Crippen LogP contribution in [0.15, 0.2) is 24.3 Å². The third-order valence-corrected chi connectivity index (χ3v) is 1.49. The summed E-state index contributed by atoms with van der Waals surface area (Å²) in [5.41, 5.74) is 2.78. The SMILES string of the molecule is CC.CCC.CCc1cccc(C)c1. The molecule has 0 aliphatic carbocycles. The molecule has 0 nitrogen and oxygen atoms in total. The van der Waals surface area contributed by atoms with Crippen molar-refractivity contribution in [2.75, 3.05) is 0 Å². The highest BCUT2D eigenvalue weighted by Crippen LogP contribution is 2.03. The van der Waals surface area contributed by atoms with Gasteiger partial charge in [-0.3, -0.25) is 0 Å². The van der Waals surface area contributed by atoms with Gasteiger partial charge in [0.2, 0.25) is 0 Å². The van der Waals surface area contributed by atoms with Gasteiger partial charge in [-0.05, 0) is 18.9 Å². The van der Waals surface area contributed by atoms with Crippen molar-refractivity contribution in [3.63, 3.8) is 0 Å². The van der Waals surface area contributed by atoms with E-state index in [1.54, 1.807) is 0 Å². The van der Waals surface area contributed by atoms with Gasteiger partial charge >= 0.3 is 0 Å². The summed E-state index contributed by atoms with van der Waals surface area (Å²) in [4.78, 5) is 0. The van der Waals surface area contributed by atoms with Gasteiger partial charge in [0, 0.05) is 0 Å². The van der Waals surface area contributed by atoms with Crippen LogP contribution in [0.5, 0.6) is 0 Å². The monoisotopic (exact) mass is 194 g/mol. The van der Waals surface area contributed by atoms with E-state index in [1.165, 1.54) is 17.5 Å². The Labute approximate surface area is 90.4 Å². The van der Waals surface area contributed by atoms with Gasteiger partial charge in [0.05, 0.1) is 0 Å². The van der Waals surface area contributed by atoms with Crippen LogP contribution in [0.2, 0.25) is 0 Å². The van der Waals surface area contributed by atoms with E-state index in [2.05, 4.69) is 52.0 Å². The number of hydrogen-bond acceptors (Lipinski definition) is 0. The topological polar surface area (TPSA) is 0 Å². The van der Waals surface area contributed by atoms with Gasteiger partial charge in [0.1, 0.15) is 0 Å². The van der Waals surface area contributed by atoms with Crippen LogP contribution >= 0.6 is 0 Å². The molecule has 0 atom stereocenters. The summed E-state index contributed by atoms with van der Waals surface area (Å²) in [6.45, 7) is 12.5. The van der Waals surface area contributed by atoms with Crippen LogP contribution in [0.4, 0.5) is 0 Å². The van der Waals surface area contributed by atoms with Crippen molar-refractivity contribution in [2.24, 2.45) is 0 Å². The summed E-state index contributed by atoms with van der Waals surface area (Å²) >= 11 is 0. The molecule has 1 aromatic carbocycles. The molecule has 0 aliphatic heterocycles. The highest BCUT2D eigenvalue weighted by Gasteiger charge is 1.85. The van der Waals surface area contributed by atoms with Gasteiger partial charge in [0.25, 0.3) is 0 Å². The van der Waals surface area contributed by atoms with Crippen LogP contribution in [-0.2, 0) is 6.42 Å². The Morgan fingerprint density at radius 3 is 1.79 bits per heavy atom. The van der Waals surface area contributed by atoms with Gasteiger partial charge in [-0.25, -0.2) is 0 Å². The second-order valence-electron chi connectivity index (χ2n) is 3.05. The molecule has 0 aromatic heterocycles. The van der Waals surface area contributed by atoms with E-state index >= 15 is 0 Å². The summed E-state index contributed by atoms with van der Waals surface area (Å²) < 4.78 is 0. The fourth-order valence-electron chi connectivity index (χ4n) is 0.932. The fourth-order valence-corrected chi connectivity index (χ4v) is 0.932. The van der Waals surface area contributed by atoms with Crippen LogP contribution < -0.4 is 0 Å². The molecule has 0 heteroatoms. The standard InChI is InChI=1S/C9H12.C3H8.C2H6/c1-3-9-6-4-5-8(2)7-9;1-3-2;1-2/h4-7H,3H2,1-2H3;3H2,1-2H3;1-2H3. The third kappa shape index (κ3) is 9.31. The zero-order valence-electron chi connectivity index (χ0n) is 10.7. The first-order valence-corrected chi connectivity index (χ1v) is 5.80. The Morgan fingerprint density at radius 1 is 1.00 bits per heavy atom. The molecule has 0 saturated carbocycles. The maximum absolute atomic E-state index is 2.22. The zero-order valence-corrected chi connectivity index (χ0v) is 10.7. The van der Waals surface area contributed by atoms with Gasteiger partial charge in [-0.15, -0.1) is 0 Å². The molecule has 0 fully saturated rings. The van der Waals surface area contributed by atoms with E-state index in [9.17, 15) is 0 Å². The van der Waals surface area contributed by atoms with Crippen molar-refractivity contribution in [1.29, 1.82) is 0 Å². The minimum atomic E-state index is 1.14. The predicted octanol–water partition coefficient (Wildman–Crippen LogP) is 5.00. The van der Waals surface area contributed by atoms with Crippen LogP contribution in [0, 0.1) is 6.92 Å². The van der Waals surface area contributed by atoms with Crippen molar-refractivity contribution in [2.45, 2.75) is 54.4 Å². The first kappa shape index (κ1) is 15.7. The van der Waals surface area contributed by atoms with Crippen LogP contribution in [-0.4, -0.2) is 0 Å². The Kier molecular flexibility index (Phi) is 13.7. The number of aryl methyl sites for hydroxylation is 2. The molecule has 1 rings (SSSR count). The number of rotatable bonds is 1. The second kappa shape index (κ2) is 12.2. The smallest absolute Gasteiger partial charge is 0.0307 e. The normalized spacial score (nSPS) is 7.86. The molecular formula is C14H26. The minimum Gasteiger partial charge on any atom is -0.0683 e. The van der Waals surface area contributed by atoms with Crippen LogP contribution in [0.1, 0.15) is 52.2 Å². The maximum atomic E-state index is 2.22. The van der Waals surface area contributed by atoms with Crippen molar-refractivity contribution >= 4 is 0 Å². The summed E-state index contributed by atoms with van der Waals surface area (Å²) in [6.07, 6.45) is 2.39. The molecule has 1 aromatic rings. The average Bonchev–Trinajstić information content (AvgIpc) is 2.22. The molecule has 0 unspecified atom stereocenters. The molecule has 0 radical (unpaired) electrons. The van der Waals surface area contributed by atoms with E-state index in [0.29, 0.717) is 0 Å². The molecule has 14 heavy (non-hydrogen) atoms. The van der Waals surface area contributed by atoms with E-state index < -0.39 is 0 Å². The first-order valence-electron chi connectivity index (χ1n) is 5.80. The minimum absolute atomic E-state index is 1.14. The van der Waals surface area contributed by atoms with Crippen LogP contribution in [0.25, 0.3) is 0 Å². The lowest BCUT2D eigenvalue weighted by Gasteiger charge is -1.95. The Hall–Kier alpha value is -0.780. The third-order valence-electron chi connectivity index (χ3n) is 1.49. The van der Waals surface area contributed by atoms with Crippen LogP contribution in [0.3, 0.4) is 0 Å². The van der Waals surface area contributed by atoms with Crippen molar-refractivity contribution < 1.29 is 0 Å². The lowest BCUT2D eigenvalue weighted by molar-refractivity contribution is 1.09. The molecule has 0 spiro atoms. The Bertz CT molecular complexity index is 201. The zero-order chi connectivity index (χ0) is 11.4. The molecular weight excluding hydrogens is 168 g/mol. The van der Waals surface area contributed by atoms with Crippen molar-refractivity contribution in [3.8, 4) is 0 Å². The second-order valence-corrected chi connectivity index (χ2v) is 3.05. The maximum Gasteiger partial charge on any atom is -0.0307 e. The van der Waals surface area contributed by atoms with E-state index in [4.69, 9.17) is 0 Å². The largest absolute Gasteiger partial charge is 0.0683 e. The lowest BCUT2D eigenvalue weighted by Crippen LogP contribution is -1.78. The molecule has 0 amide bonds. The Balaban J connectivity index is 0. The molecule has 0 aliphatic rings. The molecule has 0 saturated heterocycles. The van der Waals surface area contributed by atoms with Crippen molar-refractivity contribution in [1.82, 2.24) is 0 Å². The fraction of sp³-hybridized carbons (Fsp3) is 0.571. The summed E-state index contributed by atoms with van der Waals surface area (Å²) in [7, 11) is 0. The van der Waals surface area contributed by atoms with E-state index in [0.717, 1.165) is 6.42 Å². The predicted molar refractivity (Wildman–Crippen MR) is 67.9 cm³/mol. The van der Waals surface area contributed by atoms with E-state index in [1.807, 2.05) is 13.8 Å². The number of hydrogen-bond donors (Lipinski definition) is 0. The molecule has 0 N–H and O–H groups in total. The summed E-state index contributed by atoms with van der Waals surface area (Å²) in [5.74, 6) is 0.